The molecule has 7 heteroatoms. The van der Waals surface area contributed by atoms with Gasteiger partial charge >= 0.3 is 12.1 Å². The number of carbonyl (C=O) groups is 3. The summed E-state index contributed by atoms with van der Waals surface area (Å²) in [6, 6.07) is 16.3. The van der Waals surface area contributed by atoms with Gasteiger partial charge in [-0.05, 0) is 41.5 Å². The largest absolute Gasteiger partial charge is 0.481 e. The fourth-order valence-electron chi connectivity index (χ4n) is 5.65. The Morgan fingerprint density at radius 3 is 2.18 bits per heavy atom. The van der Waals surface area contributed by atoms with E-state index in [-0.39, 0.29) is 25.0 Å². The second-order valence-corrected chi connectivity index (χ2v) is 9.31. The van der Waals surface area contributed by atoms with Crippen molar-refractivity contribution in [2.75, 3.05) is 19.7 Å². The summed E-state index contributed by atoms with van der Waals surface area (Å²) in [7, 11) is 0. The lowest BCUT2D eigenvalue weighted by atomic mass is 9.95. The van der Waals surface area contributed by atoms with Gasteiger partial charge in [0.1, 0.15) is 12.1 Å². The number of rotatable bonds is 5. The number of carboxylic acids is 1. The van der Waals surface area contributed by atoms with Crippen LogP contribution in [0.5, 0.6) is 0 Å². The first kappa shape index (κ1) is 21.5. The topological polar surface area (TPSA) is 95.9 Å². The molecule has 1 aliphatic heterocycles. The van der Waals surface area contributed by atoms with Crippen molar-refractivity contribution >= 4 is 18.0 Å². The van der Waals surface area contributed by atoms with E-state index in [1.165, 1.54) is 0 Å². The van der Waals surface area contributed by atoms with Gasteiger partial charge in [0.2, 0.25) is 5.91 Å². The first-order valence-corrected chi connectivity index (χ1v) is 11.6. The van der Waals surface area contributed by atoms with Crippen molar-refractivity contribution in [1.82, 2.24) is 10.2 Å². The monoisotopic (exact) mass is 448 g/mol. The molecule has 2 N–H and O–H groups in total. The van der Waals surface area contributed by atoms with Gasteiger partial charge in [0.05, 0.1) is 5.92 Å². The normalized spacial score (nSPS) is 20.8. The quantitative estimate of drug-likeness (QED) is 0.726. The number of aliphatic carboxylic acids is 1. The van der Waals surface area contributed by atoms with Gasteiger partial charge in [0.15, 0.2) is 0 Å². The second-order valence-electron chi connectivity index (χ2n) is 9.31. The van der Waals surface area contributed by atoms with Gasteiger partial charge in [-0.15, -0.1) is 0 Å². The third-order valence-corrected chi connectivity index (χ3v) is 7.38. The molecule has 0 bridgehead atoms. The Hall–Kier alpha value is -3.35. The zero-order valence-electron chi connectivity index (χ0n) is 18.5. The van der Waals surface area contributed by atoms with Crippen LogP contribution >= 0.6 is 0 Å². The molecule has 2 aliphatic carbocycles. The summed E-state index contributed by atoms with van der Waals surface area (Å²) in [5, 5.41) is 12.2. The minimum atomic E-state index is -1.00. The van der Waals surface area contributed by atoms with E-state index in [9.17, 15) is 19.5 Å². The van der Waals surface area contributed by atoms with Crippen molar-refractivity contribution in [3.05, 3.63) is 59.7 Å². The van der Waals surface area contributed by atoms with Gasteiger partial charge in [-0.25, -0.2) is 4.79 Å². The molecule has 0 radical (unpaired) electrons. The number of nitrogens with one attached hydrogen (secondary N) is 1. The average molecular weight is 449 g/mol. The summed E-state index contributed by atoms with van der Waals surface area (Å²) < 4.78 is 5.68. The van der Waals surface area contributed by atoms with E-state index in [4.69, 9.17) is 4.74 Å². The highest BCUT2D eigenvalue weighted by atomic mass is 16.5. The lowest BCUT2D eigenvalue weighted by Gasteiger charge is -2.33. The summed E-state index contributed by atoms with van der Waals surface area (Å²) >= 11 is 0. The molecule has 7 nitrogen and oxygen atoms in total. The van der Waals surface area contributed by atoms with Crippen molar-refractivity contribution in [3.8, 4) is 11.1 Å². The molecule has 172 valence electrons. The molecule has 0 spiro atoms. The van der Waals surface area contributed by atoms with Gasteiger partial charge in [0, 0.05) is 19.0 Å². The fraction of sp³-hybridized carbons (Fsp3) is 0.423. The number of fused-ring (bicyclic) bond motifs is 3. The Bertz CT molecular complexity index is 1050. The maximum Gasteiger partial charge on any atom is 0.408 e. The molecule has 33 heavy (non-hydrogen) atoms. The van der Waals surface area contributed by atoms with Crippen LogP contribution in [0, 0.1) is 5.92 Å². The van der Waals surface area contributed by atoms with Crippen molar-refractivity contribution < 1.29 is 24.2 Å². The smallest absolute Gasteiger partial charge is 0.408 e. The second kappa shape index (κ2) is 8.54. The first-order chi connectivity index (χ1) is 16.0. The van der Waals surface area contributed by atoms with Crippen LogP contribution in [0.2, 0.25) is 0 Å². The lowest BCUT2D eigenvalue weighted by molar-refractivity contribution is -0.142. The number of amides is 2. The maximum atomic E-state index is 13.3. The van der Waals surface area contributed by atoms with Crippen LogP contribution in [0.4, 0.5) is 4.79 Å². The molecule has 1 heterocycles. The number of carboxylic acid groups (broad SMARTS) is 1. The number of benzene rings is 2. The highest BCUT2D eigenvalue weighted by molar-refractivity contribution is 5.91. The van der Waals surface area contributed by atoms with Crippen molar-refractivity contribution in [3.63, 3.8) is 0 Å². The first-order valence-electron chi connectivity index (χ1n) is 11.6. The summed E-state index contributed by atoms with van der Waals surface area (Å²) in [6.07, 6.45) is 2.62. The van der Waals surface area contributed by atoms with E-state index in [1.54, 1.807) is 4.90 Å². The van der Waals surface area contributed by atoms with E-state index < -0.39 is 23.5 Å². The summed E-state index contributed by atoms with van der Waals surface area (Å²) in [6.45, 7) is 0.793. The van der Waals surface area contributed by atoms with Crippen molar-refractivity contribution in [1.29, 1.82) is 0 Å². The highest BCUT2D eigenvalue weighted by Gasteiger charge is 2.47. The summed E-state index contributed by atoms with van der Waals surface area (Å²) in [5.41, 5.74) is 3.58. The molecule has 1 atom stereocenters. The zero-order valence-corrected chi connectivity index (χ0v) is 18.5. The van der Waals surface area contributed by atoms with Gasteiger partial charge in [-0.2, -0.15) is 0 Å². The van der Waals surface area contributed by atoms with Gasteiger partial charge < -0.3 is 20.1 Å². The van der Waals surface area contributed by atoms with Crippen LogP contribution in [-0.2, 0) is 14.3 Å². The van der Waals surface area contributed by atoms with E-state index in [2.05, 4.69) is 29.6 Å². The fourth-order valence-corrected chi connectivity index (χ4v) is 5.65. The maximum absolute atomic E-state index is 13.3. The molecular weight excluding hydrogens is 420 g/mol. The van der Waals surface area contributed by atoms with E-state index in [0.29, 0.717) is 25.8 Å². The van der Waals surface area contributed by atoms with Crippen molar-refractivity contribution in [2.24, 2.45) is 5.92 Å². The number of carbonyl (C=O) groups excluding carboxylic acids is 2. The summed E-state index contributed by atoms with van der Waals surface area (Å²) in [4.78, 5) is 39.1. The third kappa shape index (κ3) is 3.86. The van der Waals surface area contributed by atoms with E-state index in [1.807, 2.05) is 24.3 Å². The molecule has 2 amide bonds. The molecule has 3 aliphatic rings. The van der Waals surface area contributed by atoms with Crippen LogP contribution in [0.1, 0.15) is 49.1 Å². The minimum absolute atomic E-state index is 0.0479. The molecule has 1 unspecified atom stereocenters. The minimum Gasteiger partial charge on any atom is -0.481 e. The van der Waals surface area contributed by atoms with Gasteiger partial charge in [0.25, 0.3) is 0 Å². The van der Waals surface area contributed by atoms with Gasteiger partial charge in [-0.1, -0.05) is 61.4 Å². The zero-order chi connectivity index (χ0) is 23.0. The molecule has 2 fully saturated rings. The number of ether oxygens (including phenoxy) is 1. The molecule has 1 saturated carbocycles. The van der Waals surface area contributed by atoms with Crippen LogP contribution in [0.25, 0.3) is 11.1 Å². The predicted octanol–water partition coefficient (Wildman–Crippen LogP) is 3.77. The molecule has 0 aromatic heterocycles. The van der Waals surface area contributed by atoms with Crippen LogP contribution in [-0.4, -0.2) is 53.2 Å². The van der Waals surface area contributed by atoms with Gasteiger partial charge in [-0.3, -0.25) is 9.59 Å². The number of hydrogen-bond donors (Lipinski definition) is 2. The number of alkyl carbamates (subject to hydrolysis) is 1. The number of hydrogen-bond acceptors (Lipinski definition) is 4. The lowest BCUT2D eigenvalue weighted by Crippen LogP contribution is -2.58. The van der Waals surface area contributed by atoms with Crippen LogP contribution in [0.3, 0.4) is 0 Å². The van der Waals surface area contributed by atoms with Crippen LogP contribution < -0.4 is 5.32 Å². The van der Waals surface area contributed by atoms with E-state index >= 15 is 0 Å². The SMILES string of the molecule is O=C(NC1(C(=O)N2CCC(C(=O)O)C2)CCCC1)OCC1c2ccccc2-c2ccccc21. The third-order valence-electron chi connectivity index (χ3n) is 7.38. The van der Waals surface area contributed by atoms with Crippen molar-refractivity contribution in [2.45, 2.75) is 43.6 Å². The molecule has 1 saturated heterocycles. The summed E-state index contributed by atoms with van der Waals surface area (Å²) in [5.74, 6) is -1.65. The Labute approximate surface area is 192 Å². The Kier molecular flexibility index (Phi) is 5.56. The standard InChI is InChI=1S/C26H28N2O5/c29-23(30)17-11-14-28(15-17)24(31)26(12-5-6-13-26)27-25(32)33-16-22-20-9-3-1-7-18(20)19-8-2-4-10-21(19)22/h1-4,7-10,17,22H,5-6,11-16H2,(H,27,32)(H,29,30). The number of likely N-dealkylation sites (tertiary alicyclic amines) is 1. The predicted molar refractivity (Wildman–Crippen MR) is 122 cm³/mol. The molecule has 5 rings (SSSR count). The van der Waals surface area contributed by atoms with Crippen LogP contribution in [0.15, 0.2) is 48.5 Å². The molecule has 2 aromatic carbocycles. The number of nitrogens with zero attached hydrogens (tertiary/aromatic N) is 1. The Balaban J connectivity index is 1.27. The molecule has 2 aromatic rings. The molecular formula is C26H28N2O5. The average Bonchev–Trinajstić information content (AvgIpc) is 3.56. The van der Waals surface area contributed by atoms with E-state index in [0.717, 1.165) is 35.1 Å². The Morgan fingerprint density at radius 2 is 1.61 bits per heavy atom. The highest BCUT2D eigenvalue weighted by Crippen LogP contribution is 2.44. The Morgan fingerprint density at radius 1 is 1.00 bits per heavy atom.